The van der Waals surface area contributed by atoms with E-state index in [4.69, 9.17) is 0 Å². The second kappa shape index (κ2) is 16.9. The van der Waals surface area contributed by atoms with Gasteiger partial charge >= 0.3 is 25.8 Å². The van der Waals surface area contributed by atoms with E-state index >= 15 is 0 Å². The van der Waals surface area contributed by atoms with E-state index in [0.717, 1.165) is 6.42 Å². The first-order valence-electron chi connectivity index (χ1n) is 12.9. The van der Waals surface area contributed by atoms with Crippen molar-refractivity contribution in [3.8, 4) is 0 Å². The zero-order valence-corrected chi connectivity index (χ0v) is 27.7. The van der Waals surface area contributed by atoms with Crippen molar-refractivity contribution in [1.82, 2.24) is 0 Å². The van der Waals surface area contributed by atoms with Crippen molar-refractivity contribution in [2.45, 2.75) is 46.0 Å². The fraction of sp³-hybridized carbons (Fsp3) is 0.200. The number of rotatable bonds is 4. The molecule has 38 heavy (non-hydrogen) atoms. The van der Waals surface area contributed by atoms with Gasteiger partial charge in [0.2, 0.25) is 0 Å². The molecule has 6 aromatic carbocycles. The van der Waals surface area contributed by atoms with Crippen LogP contribution in [0.2, 0.25) is 0 Å². The molecule has 0 unspecified atom stereocenters. The maximum absolute atomic E-state index is 3.38. The molecule has 0 heterocycles. The summed E-state index contributed by atoms with van der Waals surface area (Å²) in [6.45, 7) is 11.2. The Kier molecular flexibility index (Phi) is 15.2. The van der Waals surface area contributed by atoms with Crippen LogP contribution in [0.3, 0.4) is 0 Å². The molecule has 0 amide bonds. The van der Waals surface area contributed by atoms with Crippen molar-refractivity contribution in [3.63, 3.8) is 0 Å². The summed E-state index contributed by atoms with van der Waals surface area (Å²) in [4.78, 5) is 0. The van der Waals surface area contributed by atoms with Gasteiger partial charge < -0.3 is 20.3 Å². The van der Waals surface area contributed by atoms with E-state index in [9.17, 15) is 0 Å². The van der Waals surface area contributed by atoms with E-state index < -0.39 is 0 Å². The van der Waals surface area contributed by atoms with Crippen LogP contribution in [0.25, 0.3) is 43.1 Å². The van der Waals surface area contributed by atoms with Gasteiger partial charge in [-0.2, -0.15) is 12.1 Å². The third-order valence-corrected chi connectivity index (χ3v) is 6.43. The molecule has 3 heteroatoms. The molecule has 0 radical (unpaired) electrons. The van der Waals surface area contributed by atoms with Crippen LogP contribution < -0.4 is 0 Å². The predicted molar refractivity (Wildman–Crippen MR) is 172 cm³/mol. The normalized spacial score (nSPS) is 10.0. The quantitative estimate of drug-likeness (QED) is 0.126. The minimum atomic E-state index is 0. The summed E-state index contributed by atoms with van der Waals surface area (Å²) in [7, 11) is 0. The van der Waals surface area contributed by atoms with E-state index in [1.54, 1.807) is 0 Å². The molecule has 0 aliphatic carbocycles. The van der Waals surface area contributed by atoms with Gasteiger partial charge in [-0.1, -0.05) is 98.1 Å². The Morgan fingerprint density at radius 3 is 1.29 bits per heavy atom. The van der Waals surface area contributed by atoms with Crippen molar-refractivity contribution in [2.24, 2.45) is 0 Å². The number of fused-ring (bicyclic) bond motifs is 6. The molecule has 0 spiro atoms. The van der Waals surface area contributed by atoms with Crippen LogP contribution in [0.15, 0.2) is 97.1 Å². The van der Waals surface area contributed by atoms with Crippen LogP contribution in [-0.2, 0) is 38.7 Å². The first kappa shape index (κ1) is 34.1. The van der Waals surface area contributed by atoms with Crippen LogP contribution >= 0.6 is 24.8 Å². The number of halogens is 2. The Bertz CT molecular complexity index is 1410. The van der Waals surface area contributed by atoms with Gasteiger partial charge in [-0.15, -0.1) is 81.8 Å². The zero-order valence-electron chi connectivity index (χ0n) is 22.5. The molecule has 0 fully saturated rings. The third-order valence-electron chi connectivity index (χ3n) is 6.43. The summed E-state index contributed by atoms with van der Waals surface area (Å²) in [6.07, 6.45) is 5.55. The van der Waals surface area contributed by atoms with Crippen LogP contribution in [0.4, 0.5) is 0 Å². The predicted octanol–water partition coefficient (Wildman–Crippen LogP) is 11.2. The Morgan fingerprint density at radius 2 is 0.921 bits per heavy atom. The van der Waals surface area contributed by atoms with E-state index in [0.29, 0.717) is 0 Å². The van der Waals surface area contributed by atoms with E-state index in [1.165, 1.54) is 79.9 Å². The van der Waals surface area contributed by atoms with Crippen molar-refractivity contribution in [2.75, 3.05) is 0 Å². The molecule has 0 saturated heterocycles. The Labute approximate surface area is 260 Å². The maximum Gasteiger partial charge on any atom is 4.00 e. The molecular weight excluding hydrogens is 670 g/mol. The first-order chi connectivity index (χ1) is 17.2. The third kappa shape index (κ3) is 8.04. The minimum absolute atomic E-state index is 0. The van der Waals surface area contributed by atoms with Crippen molar-refractivity contribution in [3.05, 3.63) is 122 Å². The minimum Gasteiger partial charge on any atom is -0.372 e. The van der Waals surface area contributed by atoms with Crippen molar-refractivity contribution >= 4 is 67.9 Å². The molecule has 196 valence electrons. The number of hydrogen-bond donors (Lipinski definition) is 0. The van der Waals surface area contributed by atoms with E-state index in [1.807, 2.05) is 0 Å². The van der Waals surface area contributed by atoms with Gasteiger partial charge in [0.05, 0.1) is 0 Å². The van der Waals surface area contributed by atoms with Crippen LogP contribution in [0, 0.1) is 13.8 Å². The summed E-state index contributed by atoms with van der Waals surface area (Å²) in [5.41, 5.74) is 2.93. The van der Waals surface area contributed by atoms with Gasteiger partial charge in [-0.25, -0.2) is 0 Å². The van der Waals surface area contributed by atoms with Gasteiger partial charge in [0.1, 0.15) is 0 Å². The topological polar surface area (TPSA) is 0 Å². The molecule has 0 aliphatic rings. The molecule has 0 bridgehead atoms. The van der Waals surface area contributed by atoms with E-state index in [-0.39, 0.29) is 50.7 Å². The Hall–Kier alpha value is -1.93. The van der Waals surface area contributed by atoms with Crippen molar-refractivity contribution < 1.29 is 25.8 Å². The summed E-state index contributed by atoms with van der Waals surface area (Å²) in [5.74, 6) is 0. The molecule has 0 nitrogen and oxygen atoms in total. The average Bonchev–Trinajstić information content (AvgIpc) is 3.49. The van der Waals surface area contributed by atoms with Crippen molar-refractivity contribution in [1.29, 1.82) is 0 Å². The number of hydrogen-bond acceptors (Lipinski definition) is 0. The second-order valence-corrected chi connectivity index (χ2v) is 9.16. The fourth-order valence-electron chi connectivity index (χ4n) is 4.92. The van der Waals surface area contributed by atoms with Gasteiger partial charge in [-0.05, 0) is 23.6 Å². The monoisotopic (exact) mass is 708 g/mol. The van der Waals surface area contributed by atoms with Crippen LogP contribution in [0.1, 0.15) is 44.2 Å². The smallest absolute Gasteiger partial charge is 0.372 e. The summed E-state index contributed by atoms with van der Waals surface area (Å²) in [6, 6.07) is 35.5. The molecule has 0 aromatic heterocycles. The SMILES string of the molecule is CCCc1cc2c(ccc3ccccc32)[cH-]1.CCCc1cc2c(ccc3ccccc32)[cH-]1.Cl.Cl.[CH2-]C[CH2-].[Hf+4]. The van der Waals surface area contributed by atoms with E-state index in [2.05, 4.69) is 125 Å². The fourth-order valence-corrected chi connectivity index (χ4v) is 4.92. The molecule has 6 aromatic rings. The largest absolute Gasteiger partial charge is 4.00 e. The summed E-state index contributed by atoms with van der Waals surface area (Å²) >= 11 is 0. The van der Waals surface area contributed by atoms with Gasteiger partial charge in [0.15, 0.2) is 0 Å². The first-order valence-corrected chi connectivity index (χ1v) is 12.9. The summed E-state index contributed by atoms with van der Waals surface area (Å²) in [5, 5.41) is 11.0. The van der Waals surface area contributed by atoms with Crippen LogP contribution in [-0.4, -0.2) is 0 Å². The molecule has 0 saturated carbocycles. The standard InChI is InChI=1S/2C16H15.C3H6.2ClH.Hf/c2*1-2-5-12-10-14-9-8-13-6-3-4-7-15(13)16(14)11-12;1-3-2;;;/h2*3-4,6-11H,2,5H2,1H3;1-3H2;2*1H;/q2*-1;-2;;;+4. The Morgan fingerprint density at radius 1 is 0.553 bits per heavy atom. The number of benzene rings is 4. The molecule has 0 aliphatic heterocycles. The van der Waals surface area contributed by atoms with Gasteiger partial charge in [0.25, 0.3) is 0 Å². The number of aryl methyl sites for hydroxylation is 2. The molecular formula is C35H38Cl2Hf. The average molecular weight is 708 g/mol. The maximum atomic E-state index is 3.38. The van der Waals surface area contributed by atoms with Gasteiger partial charge in [-0.3, -0.25) is 0 Å². The Balaban J connectivity index is 0.000000322. The molecule has 0 N–H and O–H groups in total. The van der Waals surface area contributed by atoms with Gasteiger partial charge in [0, 0.05) is 0 Å². The molecule has 0 atom stereocenters. The zero-order chi connectivity index (χ0) is 24.6. The van der Waals surface area contributed by atoms with Crippen LogP contribution in [0.5, 0.6) is 0 Å². The summed E-state index contributed by atoms with van der Waals surface area (Å²) < 4.78 is 0. The second-order valence-electron chi connectivity index (χ2n) is 9.16. The molecule has 6 rings (SSSR count).